The number of hydrogen-bond acceptors (Lipinski definition) is 2. The molecule has 1 heterocycles. The second-order valence-corrected chi connectivity index (χ2v) is 5.41. The fourth-order valence-electron chi connectivity index (χ4n) is 2.50. The van der Waals surface area contributed by atoms with Crippen LogP contribution >= 0.6 is 0 Å². The Kier molecular flexibility index (Phi) is 3.88. The monoisotopic (exact) mass is 294 g/mol. The van der Waals surface area contributed by atoms with Gasteiger partial charge in [0.2, 0.25) is 0 Å². The van der Waals surface area contributed by atoms with E-state index in [1.165, 1.54) is 18.3 Å². The van der Waals surface area contributed by atoms with E-state index in [4.69, 9.17) is 5.73 Å². The predicted molar refractivity (Wildman–Crippen MR) is 81.7 cm³/mol. The molecule has 0 spiro atoms. The summed E-state index contributed by atoms with van der Waals surface area (Å²) in [6.07, 6.45) is 4.78. The highest BCUT2D eigenvalue weighted by atomic mass is 19.1. The van der Waals surface area contributed by atoms with Gasteiger partial charge in [-0.05, 0) is 48.6 Å². The Hall–Kier alpha value is -2.67. The van der Waals surface area contributed by atoms with Crippen LogP contribution in [0.4, 0.5) is 4.39 Å². The molecule has 110 valence electrons. The molecular weight excluding hydrogens is 279 g/mol. The molecule has 3 rings (SSSR count). The summed E-state index contributed by atoms with van der Waals surface area (Å²) in [5.74, 6) is 5.39. The first-order valence-electron chi connectivity index (χ1n) is 7.21. The molecule has 0 saturated heterocycles. The first-order chi connectivity index (χ1) is 10.6. The molecule has 1 saturated carbocycles. The molecule has 1 amide bonds. The van der Waals surface area contributed by atoms with Crippen molar-refractivity contribution in [3.63, 3.8) is 0 Å². The van der Waals surface area contributed by atoms with E-state index in [2.05, 4.69) is 16.8 Å². The molecule has 0 atom stereocenters. The molecule has 1 aromatic heterocycles. The number of aromatic nitrogens is 1. The molecule has 1 aromatic carbocycles. The number of benzene rings is 1. The van der Waals surface area contributed by atoms with Crippen LogP contribution in [0.25, 0.3) is 0 Å². The zero-order valence-corrected chi connectivity index (χ0v) is 12.0. The number of carbonyl (C=O) groups is 1. The van der Waals surface area contributed by atoms with Crippen molar-refractivity contribution in [2.75, 3.05) is 0 Å². The van der Waals surface area contributed by atoms with Crippen LogP contribution in [0.1, 0.15) is 52.4 Å². The number of pyridine rings is 1. The summed E-state index contributed by atoms with van der Waals surface area (Å²) >= 11 is 0. The maximum atomic E-state index is 13.1. The standard InChI is InChI=1S/C18H15FN2O/c19-15-6-1-3-12(9-15)7-8-13-10-16(14-4-2-5-14)17(18(20)22)21-11-13/h1,3,6,9-11,14H,2,4-5H2,(H2,20,22). The van der Waals surface area contributed by atoms with Crippen molar-refractivity contribution in [3.05, 3.63) is 64.7 Å². The summed E-state index contributed by atoms with van der Waals surface area (Å²) in [5, 5.41) is 0. The summed E-state index contributed by atoms with van der Waals surface area (Å²) in [6.45, 7) is 0. The van der Waals surface area contributed by atoms with Gasteiger partial charge in [-0.2, -0.15) is 0 Å². The van der Waals surface area contributed by atoms with Crippen LogP contribution in [0.2, 0.25) is 0 Å². The van der Waals surface area contributed by atoms with Crippen LogP contribution in [-0.2, 0) is 0 Å². The van der Waals surface area contributed by atoms with Crippen LogP contribution in [0.5, 0.6) is 0 Å². The Morgan fingerprint density at radius 3 is 2.64 bits per heavy atom. The van der Waals surface area contributed by atoms with Gasteiger partial charge >= 0.3 is 0 Å². The number of nitrogens with zero attached hydrogens (tertiary/aromatic N) is 1. The van der Waals surface area contributed by atoms with E-state index in [1.807, 2.05) is 6.07 Å². The molecule has 2 N–H and O–H groups in total. The fraction of sp³-hybridized carbons (Fsp3) is 0.222. The second-order valence-electron chi connectivity index (χ2n) is 5.41. The Bertz CT molecular complexity index is 785. The lowest BCUT2D eigenvalue weighted by Gasteiger charge is -2.26. The maximum Gasteiger partial charge on any atom is 0.267 e. The highest BCUT2D eigenvalue weighted by Gasteiger charge is 2.24. The Labute approximate surface area is 128 Å². The average Bonchev–Trinajstić information content (AvgIpc) is 2.43. The SMILES string of the molecule is NC(=O)c1ncc(C#Cc2cccc(F)c2)cc1C1CCC1. The highest BCUT2D eigenvalue weighted by Crippen LogP contribution is 2.37. The van der Waals surface area contributed by atoms with Gasteiger partial charge in [0.25, 0.3) is 5.91 Å². The zero-order chi connectivity index (χ0) is 15.5. The Morgan fingerprint density at radius 2 is 2.00 bits per heavy atom. The van der Waals surface area contributed by atoms with Crippen molar-refractivity contribution in [1.82, 2.24) is 4.98 Å². The predicted octanol–water partition coefficient (Wildman–Crippen LogP) is 2.99. The number of hydrogen-bond donors (Lipinski definition) is 1. The van der Waals surface area contributed by atoms with E-state index in [0.717, 1.165) is 24.8 Å². The van der Waals surface area contributed by atoms with Crippen molar-refractivity contribution >= 4 is 5.91 Å². The largest absolute Gasteiger partial charge is 0.364 e. The molecule has 22 heavy (non-hydrogen) atoms. The van der Waals surface area contributed by atoms with Crippen LogP contribution in [0.3, 0.4) is 0 Å². The average molecular weight is 294 g/mol. The van der Waals surface area contributed by atoms with Crippen LogP contribution in [-0.4, -0.2) is 10.9 Å². The topological polar surface area (TPSA) is 56.0 Å². The minimum Gasteiger partial charge on any atom is -0.364 e. The molecule has 0 aliphatic heterocycles. The molecule has 1 aliphatic rings. The van der Waals surface area contributed by atoms with Crippen molar-refractivity contribution in [2.24, 2.45) is 5.73 Å². The fourth-order valence-corrected chi connectivity index (χ4v) is 2.50. The van der Waals surface area contributed by atoms with Gasteiger partial charge in [0.05, 0.1) is 0 Å². The minimum atomic E-state index is -0.508. The number of amides is 1. The van der Waals surface area contributed by atoms with Crippen LogP contribution in [0.15, 0.2) is 36.5 Å². The smallest absolute Gasteiger partial charge is 0.267 e. The second kappa shape index (κ2) is 5.98. The first kappa shape index (κ1) is 14.3. The van der Waals surface area contributed by atoms with E-state index in [9.17, 15) is 9.18 Å². The van der Waals surface area contributed by atoms with Crippen LogP contribution in [0, 0.1) is 17.7 Å². The number of rotatable bonds is 2. The molecule has 3 nitrogen and oxygen atoms in total. The van der Waals surface area contributed by atoms with Gasteiger partial charge in [-0.3, -0.25) is 4.79 Å². The number of primary amides is 1. The number of nitrogens with two attached hydrogens (primary N) is 1. The summed E-state index contributed by atoms with van der Waals surface area (Å²) < 4.78 is 13.1. The lowest BCUT2D eigenvalue weighted by molar-refractivity contribution is 0.0993. The molecule has 4 heteroatoms. The van der Waals surface area contributed by atoms with Crippen molar-refractivity contribution < 1.29 is 9.18 Å². The lowest BCUT2D eigenvalue weighted by Crippen LogP contribution is -2.20. The zero-order valence-electron chi connectivity index (χ0n) is 12.0. The third kappa shape index (κ3) is 2.99. The summed E-state index contributed by atoms with van der Waals surface area (Å²) in [6, 6.07) is 8.00. The third-order valence-corrected chi connectivity index (χ3v) is 3.87. The minimum absolute atomic E-state index is 0.316. The van der Waals surface area contributed by atoms with Gasteiger partial charge in [0.1, 0.15) is 11.5 Å². The molecule has 0 radical (unpaired) electrons. The van der Waals surface area contributed by atoms with Gasteiger partial charge in [-0.15, -0.1) is 0 Å². The molecule has 1 fully saturated rings. The Morgan fingerprint density at radius 1 is 1.23 bits per heavy atom. The lowest BCUT2D eigenvalue weighted by atomic mass is 9.79. The number of carbonyl (C=O) groups excluding carboxylic acids is 1. The van der Waals surface area contributed by atoms with Crippen molar-refractivity contribution in [2.45, 2.75) is 25.2 Å². The summed E-state index contributed by atoms with van der Waals surface area (Å²) in [4.78, 5) is 15.6. The quantitative estimate of drug-likeness (QED) is 0.866. The first-order valence-corrected chi connectivity index (χ1v) is 7.21. The van der Waals surface area contributed by atoms with E-state index in [1.54, 1.807) is 12.1 Å². The summed E-state index contributed by atoms with van der Waals surface area (Å²) in [7, 11) is 0. The number of halogens is 1. The van der Waals surface area contributed by atoms with Crippen LogP contribution < -0.4 is 5.73 Å². The van der Waals surface area contributed by atoms with Crippen molar-refractivity contribution in [1.29, 1.82) is 0 Å². The van der Waals surface area contributed by atoms with Gasteiger partial charge in [0, 0.05) is 17.3 Å². The maximum absolute atomic E-state index is 13.1. The molecular formula is C18H15FN2O. The Balaban J connectivity index is 1.93. The van der Waals surface area contributed by atoms with E-state index < -0.39 is 5.91 Å². The van der Waals surface area contributed by atoms with E-state index in [-0.39, 0.29) is 5.82 Å². The third-order valence-electron chi connectivity index (χ3n) is 3.87. The van der Waals surface area contributed by atoms with Gasteiger partial charge in [-0.1, -0.05) is 24.3 Å². The molecule has 0 bridgehead atoms. The molecule has 0 unspecified atom stereocenters. The van der Waals surface area contributed by atoms with Crippen molar-refractivity contribution in [3.8, 4) is 11.8 Å². The van der Waals surface area contributed by atoms with Gasteiger partial charge < -0.3 is 5.73 Å². The highest BCUT2D eigenvalue weighted by molar-refractivity contribution is 5.92. The summed E-state index contributed by atoms with van der Waals surface area (Å²) in [5.41, 5.74) is 7.90. The molecule has 1 aliphatic carbocycles. The van der Waals surface area contributed by atoms with E-state index in [0.29, 0.717) is 22.7 Å². The normalized spacial score (nSPS) is 13.9. The van der Waals surface area contributed by atoms with Gasteiger partial charge in [0.15, 0.2) is 0 Å². The van der Waals surface area contributed by atoms with Gasteiger partial charge in [-0.25, -0.2) is 9.37 Å². The molecule has 2 aromatic rings. The van der Waals surface area contributed by atoms with E-state index >= 15 is 0 Å².